The van der Waals surface area contributed by atoms with Gasteiger partial charge >= 0.3 is 0 Å². The number of pyridine rings is 1. The summed E-state index contributed by atoms with van der Waals surface area (Å²) in [6.45, 7) is 8.72. The maximum Gasteiger partial charge on any atom is 0.135 e. The maximum atomic E-state index is 6.79. The molecule has 0 bridgehead atoms. The standard InChI is InChI=1S/C41H31N4O2.Pt/c1-41(2,3)26-19-20-42-39(21-26)45-32-13-7-5-11-29(32)30-18-17-28(24-35(30)45)46-37-22-27(44-25-43(4)33-14-8-9-15-34(33)44)23-38-40(37)31-12-6-10-16-36(31)47-38;/h5-21,23,25H,1-4H3;/q-3;. The van der Waals surface area contributed by atoms with Gasteiger partial charge < -0.3 is 23.5 Å². The average Bonchev–Trinajstić information content (AvgIpc) is 3.73. The van der Waals surface area contributed by atoms with Crippen LogP contribution in [0.2, 0.25) is 0 Å². The first-order valence-electron chi connectivity index (χ1n) is 15.8. The van der Waals surface area contributed by atoms with Crippen molar-refractivity contribution < 1.29 is 30.2 Å². The molecule has 6 nitrogen and oxygen atoms in total. The van der Waals surface area contributed by atoms with Crippen molar-refractivity contribution >= 4 is 60.8 Å². The Bertz CT molecular complexity index is 2510. The summed E-state index contributed by atoms with van der Waals surface area (Å²) in [5.41, 5.74) is 7.69. The van der Waals surface area contributed by atoms with Gasteiger partial charge in [0.05, 0.1) is 0 Å². The van der Waals surface area contributed by atoms with Crippen LogP contribution < -0.4 is 14.5 Å². The fourth-order valence-corrected chi connectivity index (χ4v) is 6.69. The van der Waals surface area contributed by atoms with E-state index in [0.717, 1.165) is 66.6 Å². The van der Waals surface area contributed by atoms with E-state index in [1.54, 1.807) is 0 Å². The Balaban J connectivity index is 0.00000336. The van der Waals surface area contributed by atoms with Crippen LogP contribution >= 0.6 is 0 Å². The summed E-state index contributed by atoms with van der Waals surface area (Å²) in [4.78, 5) is 9.05. The minimum atomic E-state index is -0.0177. The molecule has 0 aliphatic carbocycles. The van der Waals surface area contributed by atoms with Gasteiger partial charge in [0.15, 0.2) is 0 Å². The van der Waals surface area contributed by atoms with E-state index in [0.29, 0.717) is 11.5 Å². The molecule has 1 aliphatic heterocycles. The minimum Gasteiger partial charge on any atom is -0.508 e. The Labute approximate surface area is 293 Å². The van der Waals surface area contributed by atoms with Crippen molar-refractivity contribution in [2.24, 2.45) is 0 Å². The van der Waals surface area contributed by atoms with Crippen molar-refractivity contribution in [1.82, 2.24) is 9.55 Å². The Morgan fingerprint density at radius 2 is 1.52 bits per heavy atom. The van der Waals surface area contributed by atoms with Crippen LogP contribution in [0.3, 0.4) is 0 Å². The summed E-state index contributed by atoms with van der Waals surface area (Å²) in [6, 6.07) is 42.4. The quantitative estimate of drug-likeness (QED) is 0.166. The number of aromatic nitrogens is 2. The Hall–Kier alpha value is -5.06. The molecule has 0 fully saturated rings. The number of hydrogen-bond acceptors (Lipinski definition) is 5. The van der Waals surface area contributed by atoms with Gasteiger partial charge in [0.2, 0.25) is 0 Å². The van der Waals surface area contributed by atoms with E-state index in [2.05, 4.69) is 115 Å². The summed E-state index contributed by atoms with van der Waals surface area (Å²) in [7, 11) is 2.05. The molecule has 5 aromatic carbocycles. The van der Waals surface area contributed by atoms with Crippen molar-refractivity contribution in [2.45, 2.75) is 26.2 Å². The van der Waals surface area contributed by atoms with Crippen LogP contribution in [0.4, 0.5) is 17.1 Å². The third-order valence-corrected chi connectivity index (χ3v) is 9.04. The summed E-state index contributed by atoms with van der Waals surface area (Å²) in [6.07, 6.45) is 1.89. The number of furan rings is 1. The van der Waals surface area contributed by atoms with E-state index in [1.165, 1.54) is 5.56 Å². The largest absolute Gasteiger partial charge is 0.508 e. The first-order valence-corrected chi connectivity index (χ1v) is 15.8. The summed E-state index contributed by atoms with van der Waals surface area (Å²) in [5.74, 6) is 2.01. The molecule has 7 heteroatoms. The number of ether oxygens (including phenoxy) is 1. The van der Waals surface area contributed by atoms with Gasteiger partial charge in [0, 0.05) is 61.2 Å². The average molecular weight is 807 g/mol. The molecule has 0 amide bonds. The molecule has 48 heavy (non-hydrogen) atoms. The number of hydrogen-bond donors (Lipinski definition) is 0. The van der Waals surface area contributed by atoms with Gasteiger partial charge in [-0.2, -0.15) is 12.7 Å². The van der Waals surface area contributed by atoms with Crippen LogP contribution in [0, 0.1) is 18.8 Å². The molecule has 240 valence electrons. The third-order valence-electron chi connectivity index (χ3n) is 9.04. The predicted molar refractivity (Wildman–Crippen MR) is 190 cm³/mol. The van der Waals surface area contributed by atoms with Gasteiger partial charge in [-0.25, -0.2) is 4.98 Å². The van der Waals surface area contributed by atoms with E-state index in [1.807, 2.05) is 55.7 Å². The molecule has 0 saturated heterocycles. The van der Waals surface area contributed by atoms with Gasteiger partial charge in [-0.3, -0.25) is 0 Å². The first-order chi connectivity index (χ1) is 22.8. The molecule has 0 atom stereocenters. The number of para-hydroxylation sites is 4. The number of rotatable bonds is 4. The molecular weight excluding hydrogens is 776 g/mol. The van der Waals surface area contributed by atoms with Crippen molar-refractivity contribution in [1.29, 1.82) is 0 Å². The predicted octanol–water partition coefficient (Wildman–Crippen LogP) is 10.5. The summed E-state index contributed by atoms with van der Waals surface area (Å²) < 4.78 is 15.4. The van der Waals surface area contributed by atoms with Crippen LogP contribution in [0.1, 0.15) is 26.3 Å². The van der Waals surface area contributed by atoms with Crippen molar-refractivity contribution in [3.05, 3.63) is 134 Å². The second-order valence-electron chi connectivity index (χ2n) is 13.1. The zero-order valence-corrected chi connectivity index (χ0v) is 29.2. The monoisotopic (exact) mass is 806 g/mol. The van der Waals surface area contributed by atoms with Gasteiger partial charge in [-0.15, -0.1) is 29.7 Å². The van der Waals surface area contributed by atoms with Crippen molar-refractivity contribution in [2.75, 3.05) is 16.8 Å². The molecule has 1 aliphatic rings. The molecule has 0 radical (unpaired) electrons. The Kier molecular flexibility index (Phi) is 7.12. The smallest absolute Gasteiger partial charge is 0.135 e. The number of nitrogens with zero attached hydrogens (tertiary/aromatic N) is 4. The normalized spacial score (nSPS) is 13.1. The van der Waals surface area contributed by atoms with Gasteiger partial charge in [-0.05, 0) is 70.6 Å². The molecular formula is C41H31N4O2Pt-3. The fraction of sp³-hybridized carbons (Fsp3) is 0.122. The van der Waals surface area contributed by atoms with Crippen LogP contribution in [-0.4, -0.2) is 16.6 Å². The molecule has 0 N–H and O–H groups in total. The van der Waals surface area contributed by atoms with Crippen LogP contribution in [0.5, 0.6) is 11.5 Å². The number of anilines is 3. The molecule has 0 unspecified atom stereocenters. The van der Waals surface area contributed by atoms with Crippen LogP contribution in [-0.2, 0) is 26.5 Å². The second kappa shape index (κ2) is 11.3. The van der Waals surface area contributed by atoms with Crippen LogP contribution in [0.25, 0.3) is 49.6 Å². The molecule has 4 heterocycles. The molecule has 0 saturated carbocycles. The maximum absolute atomic E-state index is 6.79. The number of benzene rings is 5. The van der Waals surface area contributed by atoms with E-state index in [-0.39, 0.29) is 26.5 Å². The zero-order chi connectivity index (χ0) is 31.9. The molecule has 0 spiro atoms. The van der Waals surface area contributed by atoms with Gasteiger partial charge in [-0.1, -0.05) is 80.5 Å². The van der Waals surface area contributed by atoms with Gasteiger partial charge in [0.25, 0.3) is 0 Å². The third kappa shape index (κ3) is 4.78. The Morgan fingerprint density at radius 3 is 2.35 bits per heavy atom. The fourth-order valence-electron chi connectivity index (χ4n) is 6.69. The molecule has 3 aromatic heterocycles. The second-order valence-corrected chi connectivity index (χ2v) is 13.1. The van der Waals surface area contributed by atoms with Crippen LogP contribution in [0.15, 0.2) is 114 Å². The van der Waals surface area contributed by atoms with E-state index >= 15 is 0 Å². The summed E-state index contributed by atoms with van der Waals surface area (Å²) in [5, 5.41) is 4.07. The molecule has 9 rings (SSSR count). The topological polar surface area (TPSA) is 46.7 Å². The van der Waals surface area contributed by atoms with Crippen molar-refractivity contribution in [3.8, 4) is 17.3 Å². The first kappa shape index (κ1) is 30.3. The van der Waals surface area contributed by atoms with E-state index < -0.39 is 0 Å². The summed E-state index contributed by atoms with van der Waals surface area (Å²) >= 11 is 0. The zero-order valence-electron chi connectivity index (χ0n) is 26.9. The SMILES string of the molecule is CN1[CH-]N(c2[c-]c(Oc3[c-]c4c(cc3)c3ccccc3n4-c3cc(C(C)(C)C)ccn3)c3c(c2)oc2ccccc23)c2ccccc21.[Pt]. The number of fused-ring (bicyclic) bond motifs is 7. The Morgan fingerprint density at radius 1 is 0.771 bits per heavy atom. The van der Waals surface area contributed by atoms with E-state index in [4.69, 9.17) is 14.1 Å². The molecule has 8 aromatic rings. The van der Waals surface area contributed by atoms with E-state index in [9.17, 15) is 0 Å². The van der Waals surface area contributed by atoms with Crippen molar-refractivity contribution in [3.63, 3.8) is 0 Å². The minimum absolute atomic E-state index is 0. The van der Waals surface area contributed by atoms with Gasteiger partial charge in [0.1, 0.15) is 11.4 Å².